The van der Waals surface area contributed by atoms with E-state index in [-0.39, 0.29) is 0 Å². The highest BCUT2D eigenvalue weighted by Crippen LogP contribution is 2.24. The number of nitrogens with zero attached hydrogens (tertiary/aromatic N) is 2. The van der Waals surface area contributed by atoms with Crippen LogP contribution in [0.25, 0.3) is 0 Å². The first kappa shape index (κ1) is 29.7. The van der Waals surface area contributed by atoms with E-state index < -0.39 is 0 Å². The minimum Gasteiger partial charge on any atom is -0.491 e. The number of hydrogen-bond donors (Lipinski definition) is 0. The van der Waals surface area contributed by atoms with Crippen LogP contribution in [-0.4, -0.2) is 48.2 Å². The third kappa shape index (κ3) is 8.09. The van der Waals surface area contributed by atoms with Crippen LogP contribution in [0.2, 0.25) is 0 Å². The summed E-state index contributed by atoms with van der Waals surface area (Å²) in [7, 11) is 0. The molecule has 3 aromatic carbocycles. The van der Waals surface area contributed by atoms with E-state index in [1.54, 1.807) is 0 Å². The fourth-order valence-electron chi connectivity index (χ4n) is 5.13. The summed E-state index contributed by atoms with van der Waals surface area (Å²) in [6.07, 6.45) is 0. The van der Waals surface area contributed by atoms with Crippen molar-refractivity contribution in [3.63, 3.8) is 0 Å². The molecule has 3 aromatic rings. The summed E-state index contributed by atoms with van der Waals surface area (Å²) < 4.78 is 12.6. The lowest BCUT2D eigenvalue weighted by Gasteiger charge is -2.30. The van der Waals surface area contributed by atoms with E-state index in [4.69, 9.17) is 9.47 Å². The Morgan fingerprint density at radius 2 is 0.921 bits per heavy atom. The molecule has 0 heterocycles. The van der Waals surface area contributed by atoms with Crippen LogP contribution in [0.3, 0.4) is 0 Å². The first-order chi connectivity index (χ1) is 18.2. The van der Waals surface area contributed by atoms with Crippen molar-refractivity contribution in [1.29, 1.82) is 0 Å². The van der Waals surface area contributed by atoms with Crippen LogP contribution in [0, 0.1) is 27.7 Å². The van der Waals surface area contributed by atoms with Crippen molar-refractivity contribution in [2.24, 2.45) is 0 Å². The highest BCUT2D eigenvalue weighted by atomic mass is 16.5. The molecule has 0 N–H and O–H groups in total. The van der Waals surface area contributed by atoms with Crippen molar-refractivity contribution in [2.45, 2.75) is 80.6 Å². The molecule has 0 aliphatic carbocycles. The lowest BCUT2D eigenvalue weighted by Crippen LogP contribution is -2.37. The lowest BCUT2D eigenvalue weighted by molar-refractivity contribution is 0.142. The highest BCUT2D eigenvalue weighted by Gasteiger charge is 2.17. The van der Waals surface area contributed by atoms with E-state index in [1.165, 1.54) is 33.4 Å². The van der Waals surface area contributed by atoms with Gasteiger partial charge in [0.2, 0.25) is 0 Å². The Bertz CT molecular complexity index is 1030. The van der Waals surface area contributed by atoms with Crippen LogP contribution in [0.5, 0.6) is 11.5 Å². The van der Waals surface area contributed by atoms with Gasteiger partial charge >= 0.3 is 0 Å². The van der Waals surface area contributed by atoms with Gasteiger partial charge in [-0.15, -0.1) is 0 Å². The van der Waals surface area contributed by atoms with Gasteiger partial charge in [0, 0.05) is 25.2 Å². The largest absolute Gasteiger partial charge is 0.491 e. The minimum atomic E-state index is 0.317. The molecule has 0 aliphatic heterocycles. The Hall–Kier alpha value is -2.82. The van der Waals surface area contributed by atoms with Crippen molar-refractivity contribution >= 4 is 0 Å². The second kappa shape index (κ2) is 14.4. The zero-order chi connectivity index (χ0) is 27.7. The summed E-state index contributed by atoms with van der Waals surface area (Å²) in [5.74, 6) is 2.04. The Labute approximate surface area is 231 Å². The summed E-state index contributed by atoms with van der Waals surface area (Å²) >= 11 is 0. The molecule has 0 spiro atoms. The van der Waals surface area contributed by atoms with Crippen LogP contribution in [-0.2, 0) is 13.1 Å². The molecule has 0 saturated heterocycles. The van der Waals surface area contributed by atoms with E-state index in [2.05, 4.69) is 126 Å². The van der Waals surface area contributed by atoms with E-state index in [1.807, 2.05) is 0 Å². The average Bonchev–Trinajstić information content (AvgIpc) is 2.89. The Balaban J connectivity index is 1.59. The molecule has 2 unspecified atom stereocenters. The van der Waals surface area contributed by atoms with Gasteiger partial charge in [-0.25, -0.2) is 0 Å². The zero-order valence-electron chi connectivity index (χ0n) is 24.9. The third-order valence-electron chi connectivity index (χ3n) is 7.58. The average molecular weight is 517 g/mol. The second-order valence-electron chi connectivity index (χ2n) is 10.7. The standard InChI is InChI=1S/C34H48N2O2/c1-9-35(29(7)23-37-33-25(3)14-11-15-26(33)4)21-31-18-13-19-32(20-31)22-36(10-2)30(8)24-38-34-27(5)16-12-17-28(34)6/h11-20,29-30H,9-10,21-24H2,1-8H3. The maximum atomic E-state index is 6.28. The van der Waals surface area contributed by atoms with Crippen molar-refractivity contribution in [3.05, 3.63) is 94.0 Å². The number of aryl methyl sites for hydroxylation is 4. The van der Waals surface area contributed by atoms with Gasteiger partial charge in [0.25, 0.3) is 0 Å². The number of hydrogen-bond acceptors (Lipinski definition) is 4. The Morgan fingerprint density at radius 1 is 0.579 bits per heavy atom. The second-order valence-corrected chi connectivity index (χ2v) is 10.7. The first-order valence-electron chi connectivity index (χ1n) is 14.2. The maximum absolute atomic E-state index is 6.28. The normalized spacial score (nSPS) is 13.1. The van der Waals surface area contributed by atoms with Crippen molar-refractivity contribution in [3.8, 4) is 11.5 Å². The van der Waals surface area contributed by atoms with Gasteiger partial charge in [0.15, 0.2) is 0 Å². The molecule has 0 amide bonds. The summed E-state index contributed by atoms with van der Waals surface area (Å²) in [6, 6.07) is 22.3. The van der Waals surface area contributed by atoms with Crippen LogP contribution < -0.4 is 9.47 Å². The van der Waals surface area contributed by atoms with Gasteiger partial charge in [-0.2, -0.15) is 0 Å². The molecule has 206 valence electrons. The number of ether oxygens (including phenoxy) is 2. The van der Waals surface area contributed by atoms with E-state index >= 15 is 0 Å². The van der Waals surface area contributed by atoms with Crippen LogP contribution in [0.4, 0.5) is 0 Å². The molecule has 0 aliphatic rings. The van der Waals surface area contributed by atoms with Gasteiger partial charge in [-0.3, -0.25) is 9.80 Å². The van der Waals surface area contributed by atoms with Crippen LogP contribution >= 0.6 is 0 Å². The molecular weight excluding hydrogens is 468 g/mol. The minimum absolute atomic E-state index is 0.317. The summed E-state index contributed by atoms with van der Waals surface area (Å²) in [4.78, 5) is 4.98. The monoisotopic (exact) mass is 516 g/mol. The number of likely N-dealkylation sites (N-methyl/N-ethyl adjacent to an activating group) is 2. The lowest BCUT2D eigenvalue weighted by atomic mass is 10.1. The first-order valence-corrected chi connectivity index (χ1v) is 14.2. The molecule has 0 saturated carbocycles. The molecule has 38 heavy (non-hydrogen) atoms. The quantitative estimate of drug-likeness (QED) is 0.221. The van der Waals surface area contributed by atoms with E-state index in [0.29, 0.717) is 25.3 Å². The highest BCUT2D eigenvalue weighted by molar-refractivity contribution is 5.40. The summed E-state index contributed by atoms with van der Waals surface area (Å²) in [5, 5.41) is 0. The molecule has 0 fully saturated rings. The molecule has 4 heteroatoms. The van der Waals surface area contributed by atoms with Crippen LogP contribution in [0.15, 0.2) is 60.7 Å². The molecular formula is C34H48N2O2. The molecule has 2 atom stereocenters. The predicted octanol–water partition coefficient (Wildman–Crippen LogP) is 7.50. The molecule has 3 rings (SSSR count). The van der Waals surface area contributed by atoms with Gasteiger partial charge in [-0.1, -0.05) is 74.5 Å². The van der Waals surface area contributed by atoms with Crippen molar-refractivity contribution in [1.82, 2.24) is 9.80 Å². The van der Waals surface area contributed by atoms with Gasteiger partial charge in [0.1, 0.15) is 24.7 Å². The number of rotatable bonds is 14. The van der Waals surface area contributed by atoms with Crippen LogP contribution in [0.1, 0.15) is 61.1 Å². The zero-order valence-corrected chi connectivity index (χ0v) is 24.9. The van der Waals surface area contributed by atoms with Gasteiger partial charge in [-0.05, 0) is 88.0 Å². The van der Waals surface area contributed by atoms with E-state index in [9.17, 15) is 0 Å². The summed E-state index contributed by atoms with van der Waals surface area (Å²) in [5.41, 5.74) is 7.48. The predicted molar refractivity (Wildman–Crippen MR) is 160 cm³/mol. The molecule has 4 nitrogen and oxygen atoms in total. The fraction of sp³-hybridized carbons (Fsp3) is 0.471. The number of benzene rings is 3. The molecule has 0 bridgehead atoms. The topological polar surface area (TPSA) is 24.9 Å². The Kier molecular flexibility index (Phi) is 11.2. The fourth-order valence-corrected chi connectivity index (χ4v) is 5.13. The molecule has 0 aromatic heterocycles. The van der Waals surface area contributed by atoms with E-state index in [0.717, 1.165) is 37.7 Å². The third-order valence-corrected chi connectivity index (χ3v) is 7.58. The maximum Gasteiger partial charge on any atom is 0.125 e. The summed E-state index contributed by atoms with van der Waals surface area (Å²) in [6.45, 7) is 22.6. The van der Waals surface area contributed by atoms with Crippen molar-refractivity contribution in [2.75, 3.05) is 26.3 Å². The van der Waals surface area contributed by atoms with Crippen molar-refractivity contribution < 1.29 is 9.47 Å². The van der Waals surface area contributed by atoms with Gasteiger partial charge < -0.3 is 9.47 Å². The molecule has 0 radical (unpaired) electrons. The SMILES string of the molecule is CCN(Cc1cccc(CN(CC)C(C)COc2c(C)cccc2C)c1)C(C)COc1c(C)cccc1C. The Morgan fingerprint density at radius 3 is 1.26 bits per heavy atom. The van der Waals surface area contributed by atoms with Gasteiger partial charge in [0.05, 0.1) is 0 Å². The number of para-hydroxylation sites is 2. The smallest absolute Gasteiger partial charge is 0.125 e.